The number of esters is 2. The minimum Gasteiger partial charge on any atom is -0.466 e. The molecular weight excluding hydrogens is 350 g/mol. The SMILES string of the molecule is COC(=O)[C@H](OC(=O)c1ccc(-c2cccs2)nc1C)c1ccccc1. The van der Waals surface area contributed by atoms with Crippen molar-refractivity contribution in [3.8, 4) is 10.6 Å². The standard InChI is InChI=1S/C20H17NO4S/c1-13-15(10-11-16(21-13)17-9-6-12-26-17)19(22)25-18(20(23)24-2)14-7-4-3-5-8-14/h3-12,18H,1-2H3/t18-/m1/s1. The number of carbonyl (C=O) groups is 2. The second-order valence-electron chi connectivity index (χ2n) is 5.53. The molecule has 0 aliphatic heterocycles. The minimum absolute atomic E-state index is 0.315. The quantitative estimate of drug-likeness (QED) is 0.633. The first-order valence-electron chi connectivity index (χ1n) is 7.95. The number of aryl methyl sites for hydroxylation is 1. The van der Waals surface area contributed by atoms with E-state index in [1.54, 1.807) is 54.7 Å². The fourth-order valence-electron chi connectivity index (χ4n) is 2.50. The molecule has 0 radical (unpaired) electrons. The van der Waals surface area contributed by atoms with E-state index in [0.717, 1.165) is 10.6 Å². The summed E-state index contributed by atoms with van der Waals surface area (Å²) in [4.78, 5) is 30.2. The van der Waals surface area contributed by atoms with Gasteiger partial charge in [0, 0.05) is 5.56 Å². The van der Waals surface area contributed by atoms with Crippen LogP contribution in [-0.4, -0.2) is 24.0 Å². The Bertz CT molecular complexity index is 907. The van der Waals surface area contributed by atoms with Gasteiger partial charge in [0.15, 0.2) is 0 Å². The van der Waals surface area contributed by atoms with Crippen LogP contribution in [-0.2, 0) is 14.3 Å². The summed E-state index contributed by atoms with van der Waals surface area (Å²) in [6.07, 6.45) is -1.12. The number of nitrogens with zero attached hydrogens (tertiary/aromatic N) is 1. The van der Waals surface area contributed by atoms with E-state index in [1.165, 1.54) is 7.11 Å². The first-order valence-corrected chi connectivity index (χ1v) is 8.83. The molecule has 0 aliphatic carbocycles. The van der Waals surface area contributed by atoms with Gasteiger partial charge in [0.25, 0.3) is 0 Å². The van der Waals surface area contributed by atoms with Crippen LogP contribution in [0.15, 0.2) is 60.0 Å². The molecule has 6 heteroatoms. The zero-order valence-electron chi connectivity index (χ0n) is 14.3. The molecule has 3 rings (SSSR count). The normalized spacial score (nSPS) is 11.6. The molecule has 0 amide bonds. The van der Waals surface area contributed by atoms with Gasteiger partial charge >= 0.3 is 11.9 Å². The average molecular weight is 367 g/mol. The van der Waals surface area contributed by atoms with Gasteiger partial charge in [-0.1, -0.05) is 36.4 Å². The first kappa shape index (κ1) is 17.8. The number of hydrogen-bond acceptors (Lipinski definition) is 6. The Labute approximate surface area is 155 Å². The Hall–Kier alpha value is -2.99. The molecule has 0 unspecified atom stereocenters. The van der Waals surface area contributed by atoms with Gasteiger partial charge in [-0.05, 0) is 30.5 Å². The van der Waals surface area contributed by atoms with E-state index in [1.807, 2.05) is 23.6 Å². The van der Waals surface area contributed by atoms with E-state index in [9.17, 15) is 9.59 Å². The third-order valence-corrected chi connectivity index (χ3v) is 4.71. The van der Waals surface area contributed by atoms with Crippen LogP contribution in [0.25, 0.3) is 10.6 Å². The van der Waals surface area contributed by atoms with Crippen molar-refractivity contribution in [2.75, 3.05) is 7.11 Å². The van der Waals surface area contributed by atoms with Crippen molar-refractivity contribution in [1.29, 1.82) is 0 Å². The second-order valence-corrected chi connectivity index (χ2v) is 6.47. The molecule has 3 aromatic rings. The van der Waals surface area contributed by atoms with Crippen molar-refractivity contribution in [1.82, 2.24) is 4.98 Å². The summed E-state index contributed by atoms with van der Waals surface area (Å²) in [7, 11) is 1.26. The maximum atomic E-state index is 12.6. The monoisotopic (exact) mass is 367 g/mol. The lowest BCUT2D eigenvalue weighted by Gasteiger charge is -2.16. The van der Waals surface area contributed by atoms with Crippen molar-refractivity contribution >= 4 is 23.3 Å². The summed E-state index contributed by atoms with van der Waals surface area (Å²) in [5.74, 6) is -1.25. The van der Waals surface area contributed by atoms with Gasteiger partial charge in [-0.3, -0.25) is 4.98 Å². The zero-order chi connectivity index (χ0) is 18.5. The Morgan fingerprint density at radius 1 is 1.04 bits per heavy atom. The summed E-state index contributed by atoms with van der Waals surface area (Å²) >= 11 is 1.57. The van der Waals surface area contributed by atoms with Crippen LogP contribution >= 0.6 is 11.3 Å². The van der Waals surface area contributed by atoms with Gasteiger partial charge in [0.05, 0.1) is 28.9 Å². The van der Waals surface area contributed by atoms with E-state index >= 15 is 0 Å². The van der Waals surface area contributed by atoms with Crippen molar-refractivity contribution in [3.63, 3.8) is 0 Å². The number of pyridine rings is 1. The Morgan fingerprint density at radius 3 is 2.42 bits per heavy atom. The topological polar surface area (TPSA) is 65.5 Å². The molecule has 0 N–H and O–H groups in total. The summed E-state index contributed by atoms with van der Waals surface area (Å²) in [6, 6.07) is 16.1. The molecule has 0 bridgehead atoms. The van der Waals surface area contributed by atoms with Gasteiger partial charge in [-0.25, -0.2) is 9.59 Å². The van der Waals surface area contributed by atoms with Crippen molar-refractivity contribution in [2.45, 2.75) is 13.0 Å². The maximum Gasteiger partial charge on any atom is 0.351 e. The van der Waals surface area contributed by atoms with E-state index in [2.05, 4.69) is 4.98 Å². The zero-order valence-corrected chi connectivity index (χ0v) is 15.2. The molecule has 1 atom stereocenters. The van der Waals surface area contributed by atoms with E-state index in [0.29, 0.717) is 16.8 Å². The van der Waals surface area contributed by atoms with Gasteiger partial charge in [0.2, 0.25) is 6.10 Å². The van der Waals surface area contributed by atoms with Crippen LogP contribution in [0.3, 0.4) is 0 Å². The molecule has 0 spiro atoms. The fraction of sp³-hybridized carbons (Fsp3) is 0.150. The predicted octanol–water partition coefficient (Wildman–Crippen LogP) is 4.19. The van der Waals surface area contributed by atoms with Crippen molar-refractivity contribution in [3.05, 3.63) is 76.8 Å². The van der Waals surface area contributed by atoms with Crippen LogP contribution in [0.2, 0.25) is 0 Å². The number of methoxy groups -OCH3 is 1. The molecule has 2 heterocycles. The number of aromatic nitrogens is 1. The number of carbonyl (C=O) groups excluding carboxylic acids is 2. The van der Waals surface area contributed by atoms with Crippen LogP contribution in [0.1, 0.15) is 27.7 Å². The highest BCUT2D eigenvalue weighted by molar-refractivity contribution is 7.13. The molecule has 26 heavy (non-hydrogen) atoms. The maximum absolute atomic E-state index is 12.6. The average Bonchev–Trinajstić information content (AvgIpc) is 3.20. The van der Waals surface area contributed by atoms with Crippen LogP contribution in [0, 0.1) is 6.92 Å². The lowest BCUT2D eigenvalue weighted by atomic mass is 10.1. The van der Waals surface area contributed by atoms with Gasteiger partial charge in [-0.15, -0.1) is 11.3 Å². The number of benzene rings is 1. The van der Waals surface area contributed by atoms with E-state index in [-0.39, 0.29) is 0 Å². The van der Waals surface area contributed by atoms with Crippen molar-refractivity contribution in [2.24, 2.45) is 0 Å². The lowest BCUT2D eigenvalue weighted by molar-refractivity contribution is -0.151. The molecule has 0 fully saturated rings. The third kappa shape index (κ3) is 3.81. The predicted molar refractivity (Wildman–Crippen MR) is 98.9 cm³/mol. The summed E-state index contributed by atoms with van der Waals surface area (Å²) in [5.41, 5.74) is 2.20. The Morgan fingerprint density at radius 2 is 1.81 bits per heavy atom. The molecule has 0 saturated carbocycles. The Kier molecular flexibility index (Phi) is 5.43. The highest BCUT2D eigenvalue weighted by Gasteiger charge is 2.27. The fourth-order valence-corrected chi connectivity index (χ4v) is 3.19. The number of ether oxygens (including phenoxy) is 2. The second kappa shape index (κ2) is 7.93. The smallest absolute Gasteiger partial charge is 0.351 e. The molecule has 2 aromatic heterocycles. The largest absolute Gasteiger partial charge is 0.466 e. The lowest BCUT2D eigenvalue weighted by Crippen LogP contribution is -2.21. The summed E-state index contributed by atoms with van der Waals surface area (Å²) < 4.78 is 10.2. The number of thiophene rings is 1. The van der Waals surface area contributed by atoms with Crippen LogP contribution in [0.5, 0.6) is 0 Å². The number of hydrogen-bond donors (Lipinski definition) is 0. The molecule has 0 saturated heterocycles. The molecule has 132 valence electrons. The highest BCUT2D eigenvalue weighted by atomic mass is 32.1. The van der Waals surface area contributed by atoms with Crippen molar-refractivity contribution < 1.29 is 19.1 Å². The van der Waals surface area contributed by atoms with Gasteiger partial charge in [0.1, 0.15) is 0 Å². The molecule has 5 nitrogen and oxygen atoms in total. The van der Waals surface area contributed by atoms with E-state index in [4.69, 9.17) is 9.47 Å². The molecule has 0 aliphatic rings. The Balaban J connectivity index is 1.85. The third-order valence-electron chi connectivity index (χ3n) is 3.82. The minimum atomic E-state index is -1.12. The van der Waals surface area contributed by atoms with Crippen LogP contribution < -0.4 is 0 Å². The summed E-state index contributed by atoms with van der Waals surface area (Å²) in [5, 5.41) is 1.97. The van der Waals surface area contributed by atoms with Gasteiger partial charge in [-0.2, -0.15) is 0 Å². The number of rotatable bonds is 5. The first-order chi connectivity index (χ1) is 12.6. The van der Waals surface area contributed by atoms with E-state index < -0.39 is 18.0 Å². The summed E-state index contributed by atoms with van der Waals surface area (Å²) in [6.45, 7) is 1.74. The van der Waals surface area contributed by atoms with Gasteiger partial charge < -0.3 is 9.47 Å². The molecule has 1 aromatic carbocycles. The molecular formula is C20H17NO4S. The highest BCUT2D eigenvalue weighted by Crippen LogP contribution is 2.25. The van der Waals surface area contributed by atoms with Crippen LogP contribution in [0.4, 0.5) is 0 Å².